The number of pyridine rings is 1. The first kappa shape index (κ1) is 18.2. The Morgan fingerprint density at radius 2 is 0.818 bits per heavy atom. The van der Waals surface area contributed by atoms with Gasteiger partial charge in [-0.3, -0.25) is 9.36 Å². The standard InChI is InChI=1S/C31H19NO/c33-31-28-15-6-5-13-25(28)27-14-7-8-16-30(27)32(31)20-17-18-26-23-11-2-1-9-21(23)22-10-3-4-12-24(22)29(26)19-20/h1-19H. The molecule has 2 heteroatoms. The molecule has 0 N–H and O–H groups in total. The quantitative estimate of drug-likeness (QED) is 0.250. The molecule has 0 spiro atoms. The minimum Gasteiger partial charge on any atom is -0.276 e. The van der Waals surface area contributed by atoms with Gasteiger partial charge in [-0.2, -0.15) is 0 Å². The van der Waals surface area contributed by atoms with Crippen LogP contribution in [0.1, 0.15) is 0 Å². The summed E-state index contributed by atoms with van der Waals surface area (Å²) in [6.45, 7) is 0. The van der Waals surface area contributed by atoms with E-state index in [0.29, 0.717) is 0 Å². The van der Waals surface area contributed by atoms with Crippen LogP contribution in [0.15, 0.2) is 120 Å². The van der Waals surface area contributed by atoms with Crippen LogP contribution in [0, 0.1) is 0 Å². The number of hydrogen-bond donors (Lipinski definition) is 0. The normalized spacial score (nSPS) is 11.8. The number of benzene rings is 6. The van der Waals surface area contributed by atoms with Gasteiger partial charge < -0.3 is 0 Å². The molecular weight excluding hydrogens is 402 g/mol. The predicted octanol–water partition coefficient (Wildman–Crippen LogP) is 7.60. The first-order valence-electron chi connectivity index (χ1n) is 11.2. The van der Waals surface area contributed by atoms with E-state index in [1.54, 1.807) is 0 Å². The second-order valence-corrected chi connectivity index (χ2v) is 8.52. The highest BCUT2D eigenvalue weighted by molar-refractivity contribution is 6.25. The summed E-state index contributed by atoms with van der Waals surface area (Å²) in [7, 11) is 0. The molecule has 0 atom stereocenters. The first-order valence-corrected chi connectivity index (χ1v) is 11.2. The number of hydrogen-bond acceptors (Lipinski definition) is 1. The van der Waals surface area contributed by atoms with E-state index in [9.17, 15) is 4.79 Å². The molecule has 33 heavy (non-hydrogen) atoms. The van der Waals surface area contributed by atoms with Crippen LogP contribution in [0.25, 0.3) is 59.7 Å². The lowest BCUT2D eigenvalue weighted by atomic mass is 9.94. The van der Waals surface area contributed by atoms with Crippen molar-refractivity contribution in [3.8, 4) is 5.69 Å². The molecule has 0 aliphatic rings. The molecule has 0 aliphatic carbocycles. The van der Waals surface area contributed by atoms with Crippen molar-refractivity contribution in [3.05, 3.63) is 126 Å². The van der Waals surface area contributed by atoms with Crippen LogP contribution in [0.3, 0.4) is 0 Å². The zero-order valence-corrected chi connectivity index (χ0v) is 17.8. The van der Waals surface area contributed by atoms with Crippen LogP contribution < -0.4 is 5.56 Å². The Balaban J connectivity index is 1.67. The Kier molecular flexibility index (Phi) is 3.73. The van der Waals surface area contributed by atoms with Gasteiger partial charge in [0.15, 0.2) is 0 Å². The average Bonchev–Trinajstić information content (AvgIpc) is 2.89. The maximum absolute atomic E-state index is 13.7. The smallest absolute Gasteiger partial charge is 0.263 e. The average molecular weight is 421 g/mol. The van der Waals surface area contributed by atoms with Crippen LogP contribution in [0.4, 0.5) is 0 Å². The molecule has 7 rings (SSSR count). The maximum atomic E-state index is 13.7. The van der Waals surface area contributed by atoms with Crippen LogP contribution >= 0.6 is 0 Å². The number of aromatic nitrogens is 1. The van der Waals surface area contributed by atoms with Gasteiger partial charge in [0.1, 0.15) is 0 Å². The van der Waals surface area contributed by atoms with Gasteiger partial charge in [0.2, 0.25) is 0 Å². The van der Waals surface area contributed by atoms with E-state index in [0.717, 1.165) is 32.7 Å². The maximum Gasteiger partial charge on any atom is 0.263 e. The van der Waals surface area contributed by atoms with Crippen molar-refractivity contribution in [2.24, 2.45) is 0 Å². The van der Waals surface area contributed by atoms with Crippen molar-refractivity contribution in [3.63, 3.8) is 0 Å². The lowest BCUT2D eigenvalue weighted by Crippen LogP contribution is -2.19. The van der Waals surface area contributed by atoms with Crippen molar-refractivity contribution in [1.82, 2.24) is 4.57 Å². The van der Waals surface area contributed by atoms with E-state index in [-0.39, 0.29) is 5.56 Å². The highest BCUT2D eigenvalue weighted by Crippen LogP contribution is 2.36. The number of fused-ring (bicyclic) bond motifs is 9. The molecule has 0 amide bonds. The fourth-order valence-electron chi connectivity index (χ4n) is 5.32. The fourth-order valence-corrected chi connectivity index (χ4v) is 5.32. The van der Waals surface area contributed by atoms with Crippen molar-refractivity contribution >= 4 is 54.0 Å². The van der Waals surface area contributed by atoms with Crippen LogP contribution in [0.2, 0.25) is 0 Å². The summed E-state index contributed by atoms with van der Waals surface area (Å²) >= 11 is 0. The molecular formula is C31H19NO. The topological polar surface area (TPSA) is 22.0 Å². The molecule has 0 saturated carbocycles. The molecule has 2 nitrogen and oxygen atoms in total. The molecule has 154 valence electrons. The van der Waals surface area contributed by atoms with Crippen LogP contribution in [0.5, 0.6) is 0 Å². The molecule has 7 aromatic rings. The summed E-state index contributed by atoms with van der Waals surface area (Å²) in [4.78, 5) is 13.7. The van der Waals surface area contributed by atoms with Gasteiger partial charge in [-0.15, -0.1) is 0 Å². The monoisotopic (exact) mass is 421 g/mol. The first-order chi connectivity index (χ1) is 16.3. The van der Waals surface area contributed by atoms with Gasteiger partial charge in [-0.1, -0.05) is 91.0 Å². The van der Waals surface area contributed by atoms with Gasteiger partial charge in [-0.25, -0.2) is 0 Å². The highest BCUT2D eigenvalue weighted by Gasteiger charge is 2.14. The minimum atomic E-state index is 0.00810. The van der Waals surface area contributed by atoms with Crippen LogP contribution in [-0.2, 0) is 0 Å². The van der Waals surface area contributed by atoms with Gasteiger partial charge in [0.05, 0.1) is 5.52 Å². The Labute approximate surface area is 189 Å². The van der Waals surface area contributed by atoms with Crippen molar-refractivity contribution < 1.29 is 0 Å². The van der Waals surface area contributed by atoms with Crippen molar-refractivity contribution in [2.45, 2.75) is 0 Å². The van der Waals surface area contributed by atoms with E-state index >= 15 is 0 Å². The molecule has 0 aliphatic heterocycles. The second-order valence-electron chi connectivity index (χ2n) is 8.52. The van der Waals surface area contributed by atoms with Gasteiger partial charge >= 0.3 is 0 Å². The molecule has 1 aromatic heterocycles. The molecule has 1 heterocycles. The third-order valence-corrected chi connectivity index (χ3v) is 6.78. The second kappa shape index (κ2) is 6.78. The highest BCUT2D eigenvalue weighted by atomic mass is 16.1. The van der Waals surface area contributed by atoms with Gasteiger partial charge in [-0.05, 0) is 62.0 Å². The van der Waals surface area contributed by atoms with E-state index in [1.807, 2.05) is 47.0 Å². The number of para-hydroxylation sites is 1. The van der Waals surface area contributed by atoms with Crippen molar-refractivity contribution in [1.29, 1.82) is 0 Å². The molecule has 0 bridgehead atoms. The fraction of sp³-hybridized carbons (Fsp3) is 0. The summed E-state index contributed by atoms with van der Waals surface area (Å²) < 4.78 is 1.86. The van der Waals surface area contributed by atoms with Gasteiger partial charge in [0.25, 0.3) is 5.56 Å². The molecule has 0 saturated heterocycles. The Morgan fingerprint density at radius 3 is 1.42 bits per heavy atom. The zero-order chi connectivity index (χ0) is 21.9. The zero-order valence-electron chi connectivity index (χ0n) is 17.8. The van der Waals surface area contributed by atoms with Gasteiger partial charge in [0, 0.05) is 16.5 Å². The SMILES string of the molecule is O=c1c2ccccc2c2ccccc2n1-c1ccc2c3ccccc3c3ccccc3c2c1. The third-order valence-electron chi connectivity index (χ3n) is 6.78. The van der Waals surface area contributed by atoms with E-state index in [1.165, 1.54) is 26.9 Å². The summed E-state index contributed by atoms with van der Waals surface area (Å²) in [6, 6.07) is 39.5. The Morgan fingerprint density at radius 1 is 0.394 bits per heavy atom. The molecule has 0 unspecified atom stereocenters. The number of nitrogens with zero attached hydrogens (tertiary/aromatic N) is 1. The largest absolute Gasteiger partial charge is 0.276 e. The predicted molar refractivity (Wildman–Crippen MR) is 140 cm³/mol. The summed E-state index contributed by atoms with van der Waals surface area (Å²) in [6.07, 6.45) is 0. The summed E-state index contributed by atoms with van der Waals surface area (Å²) in [5, 5.41) is 10.1. The lowest BCUT2D eigenvalue weighted by molar-refractivity contribution is 1.06. The molecule has 0 fully saturated rings. The van der Waals surface area contributed by atoms with Crippen LogP contribution in [-0.4, -0.2) is 4.57 Å². The van der Waals surface area contributed by atoms with E-state index in [2.05, 4.69) is 72.8 Å². The van der Waals surface area contributed by atoms with Crippen molar-refractivity contribution in [2.75, 3.05) is 0 Å². The summed E-state index contributed by atoms with van der Waals surface area (Å²) in [5.41, 5.74) is 1.81. The summed E-state index contributed by atoms with van der Waals surface area (Å²) in [5.74, 6) is 0. The third kappa shape index (κ3) is 2.52. The van der Waals surface area contributed by atoms with E-state index in [4.69, 9.17) is 0 Å². The Bertz CT molecular complexity index is 1910. The molecule has 0 radical (unpaired) electrons. The molecule has 6 aromatic carbocycles. The number of rotatable bonds is 1. The minimum absolute atomic E-state index is 0.00810. The lowest BCUT2D eigenvalue weighted by Gasteiger charge is -2.15. The van der Waals surface area contributed by atoms with E-state index < -0.39 is 0 Å². The Hall–Kier alpha value is -4.43.